The van der Waals surface area contributed by atoms with Crippen LogP contribution in [0.4, 0.5) is 0 Å². The number of aliphatic carboxylic acids is 1. The summed E-state index contributed by atoms with van der Waals surface area (Å²) in [7, 11) is 0. The summed E-state index contributed by atoms with van der Waals surface area (Å²) in [5, 5.41) is 27.2. The summed E-state index contributed by atoms with van der Waals surface area (Å²) in [5.74, 6) is -3.06. The van der Waals surface area contributed by atoms with E-state index in [2.05, 4.69) is 20.9 Å². The monoisotopic (exact) mass is 495 g/mol. The summed E-state index contributed by atoms with van der Waals surface area (Å²) in [5.41, 5.74) is 7.65. The second-order valence-electron chi connectivity index (χ2n) is 8.39. The lowest BCUT2D eigenvalue weighted by molar-refractivity contribution is -0.141. The Kier molecular flexibility index (Phi) is 8.63. The van der Waals surface area contributed by atoms with Gasteiger partial charge in [-0.25, -0.2) is 0 Å². The summed E-state index contributed by atoms with van der Waals surface area (Å²) in [6.45, 7) is 0.981. The Hall–Kier alpha value is -4.38. The number of carbonyl (C=O) groups is 4. The Morgan fingerprint density at radius 3 is 2.22 bits per heavy atom. The first-order valence-corrected chi connectivity index (χ1v) is 11.3. The van der Waals surface area contributed by atoms with Crippen LogP contribution in [0.25, 0.3) is 10.9 Å². The molecule has 3 atom stereocenters. The zero-order chi connectivity index (χ0) is 26.2. The third kappa shape index (κ3) is 6.83. The number of hydrogen-bond donors (Lipinski definition) is 7. The molecule has 2 aromatic carbocycles. The topological polar surface area (TPSA) is 187 Å². The minimum absolute atomic E-state index is 0.0498. The molecule has 0 aliphatic carbocycles. The number of hydrogen-bond acceptors (Lipinski definition) is 6. The van der Waals surface area contributed by atoms with E-state index in [4.69, 9.17) is 5.73 Å². The average molecular weight is 496 g/mol. The number of amides is 3. The number of fused-ring (bicyclic) bond motifs is 1. The van der Waals surface area contributed by atoms with E-state index in [1.807, 2.05) is 24.3 Å². The van der Waals surface area contributed by atoms with E-state index in [1.165, 1.54) is 19.1 Å². The van der Waals surface area contributed by atoms with Gasteiger partial charge in [0.2, 0.25) is 17.7 Å². The molecule has 3 amide bonds. The molecule has 0 fully saturated rings. The average Bonchev–Trinajstić information content (AvgIpc) is 3.27. The summed E-state index contributed by atoms with van der Waals surface area (Å²) < 4.78 is 0. The maximum atomic E-state index is 13.3. The van der Waals surface area contributed by atoms with Gasteiger partial charge in [-0.2, -0.15) is 0 Å². The van der Waals surface area contributed by atoms with Gasteiger partial charge >= 0.3 is 5.97 Å². The number of aromatic nitrogens is 1. The number of aromatic amines is 1. The standard InChI is InChI=1S/C25H29N5O6/c1-14(25(35)36)28-23(33)21(11-16-13-27-19-5-3-2-4-18(16)19)30-24(34)20(29-22(32)12-26)10-15-6-8-17(31)9-7-15/h2-9,13-14,20-21,27,31H,10-12,26H2,1H3,(H,28,33)(H,29,32)(H,30,34)(H,35,36). The summed E-state index contributed by atoms with van der Waals surface area (Å²) >= 11 is 0. The van der Waals surface area contributed by atoms with Gasteiger partial charge in [0.25, 0.3) is 0 Å². The Morgan fingerprint density at radius 2 is 1.56 bits per heavy atom. The Bertz CT molecular complexity index is 1240. The molecule has 0 saturated carbocycles. The van der Waals surface area contributed by atoms with Crippen molar-refractivity contribution in [3.63, 3.8) is 0 Å². The molecule has 0 spiro atoms. The van der Waals surface area contributed by atoms with Gasteiger partial charge in [0.05, 0.1) is 6.54 Å². The Balaban J connectivity index is 1.85. The molecule has 3 unspecified atom stereocenters. The molecule has 11 heteroatoms. The van der Waals surface area contributed by atoms with E-state index in [9.17, 15) is 29.4 Å². The quantitative estimate of drug-likeness (QED) is 0.198. The smallest absolute Gasteiger partial charge is 0.325 e. The van der Waals surface area contributed by atoms with Crippen molar-refractivity contribution in [2.45, 2.75) is 37.9 Å². The number of carboxylic acid groups (broad SMARTS) is 1. The highest BCUT2D eigenvalue weighted by Crippen LogP contribution is 2.19. The molecule has 0 aliphatic heterocycles. The van der Waals surface area contributed by atoms with Gasteiger partial charge in [-0.15, -0.1) is 0 Å². The molecule has 1 heterocycles. The second-order valence-corrected chi connectivity index (χ2v) is 8.39. The Labute approximate surface area is 207 Å². The molecule has 8 N–H and O–H groups in total. The van der Waals surface area contributed by atoms with Crippen LogP contribution in [0.1, 0.15) is 18.1 Å². The molecule has 0 bridgehead atoms. The maximum Gasteiger partial charge on any atom is 0.325 e. The van der Waals surface area contributed by atoms with Crippen molar-refractivity contribution in [1.82, 2.24) is 20.9 Å². The third-order valence-electron chi connectivity index (χ3n) is 5.67. The summed E-state index contributed by atoms with van der Waals surface area (Å²) in [6.07, 6.45) is 1.87. The van der Waals surface area contributed by atoms with Crippen molar-refractivity contribution in [2.24, 2.45) is 5.73 Å². The number of benzene rings is 2. The highest BCUT2D eigenvalue weighted by molar-refractivity contribution is 5.94. The molecule has 11 nitrogen and oxygen atoms in total. The maximum absolute atomic E-state index is 13.3. The highest BCUT2D eigenvalue weighted by Gasteiger charge is 2.29. The first-order valence-electron chi connectivity index (χ1n) is 11.3. The third-order valence-corrected chi connectivity index (χ3v) is 5.67. The number of para-hydroxylation sites is 1. The normalized spacial score (nSPS) is 13.4. The zero-order valence-electron chi connectivity index (χ0n) is 19.7. The van der Waals surface area contributed by atoms with Gasteiger partial charge in [0.15, 0.2) is 0 Å². The fraction of sp³-hybridized carbons (Fsp3) is 0.280. The lowest BCUT2D eigenvalue weighted by atomic mass is 10.0. The van der Waals surface area contributed by atoms with E-state index >= 15 is 0 Å². The van der Waals surface area contributed by atoms with Crippen LogP contribution in [0.5, 0.6) is 5.75 Å². The van der Waals surface area contributed by atoms with Gasteiger partial charge < -0.3 is 36.9 Å². The SMILES string of the molecule is CC(NC(=O)C(Cc1c[nH]c2ccccc12)NC(=O)C(Cc1ccc(O)cc1)NC(=O)CN)C(=O)O. The number of nitrogens with one attached hydrogen (secondary N) is 4. The number of H-pyrrole nitrogens is 1. The van der Waals surface area contributed by atoms with Crippen LogP contribution in [-0.4, -0.2) is 63.6 Å². The van der Waals surface area contributed by atoms with Crippen LogP contribution in [0.15, 0.2) is 54.7 Å². The van der Waals surface area contributed by atoms with E-state index in [-0.39, 0.29) is 25.1 Å². The molecular formula is C25H29N5O6. The van der Waals surface area contributed by atoms with Crippen LogP contribution in [-0.2, 0) is 32.0 Å². The first kappa shape index (κ1) is 26.2. The number of rotatable bonds is 11. The fourth-order valence-electron chi connectivity index (χ4n) is 3.71. The molecule has 0 radical (unpaired) electrons. The molecule has 3 aromatic rings. The van der Waals surface area contributed by atoms with Crippen molar-refractivity contribution in [2.75, 3.05) is 6.54 Å². The van der Waals surface area contributed by atoms with Gasteiger partial charge in [0.1, 0.15) is 23.9 Å². The van der Waals surface area contributed by atoms with Crippen LogP contribution in [0.3, 0.4) is 0 Å². The van der Waals surface area contributed by atoms with Crippen molar-refractivity contribution in [1.29, 1.82) is 0 Å². The summed E-state index contributed by atoms with van der Waals surface area (Å²) in [6, 6.07) is 10.2. The number of carboxylic acids is 1. The molecule has 0 aliphatic rings. The largest absolute Gasteiger partial charge is 0.508 e. The number of nitrogens with two attached hydrogens (primary N) is 1. The van der Waals surface area contributed by atoms with Gasteiger partial charge in [-0.3, -0.25) is 19.2 Å². The second kappa shape index (κ2) is 11.8. The van der Waals surface area contributed by atoms with Crippen molar-refractivity contribution in [3.05, 3.63) is 65.9 Å². The van der Waals surface area contributed by atoms with E-state index in [0.29, 0.717) is 5.56 Å². The van der Waals surface area contributed by atoms with Crippen LogP contribution in [0, 0.1) is 0 Å². The first-order chi connectivity index (χ1) is 17.2. The lowest BCUT2D eigenvalue weighted by Crippen LogP contribution is -2.57. The molecule has 190 valence electrons. The van der Waals surface area contributed by atoms with E-state index < -0.39 is 41.8 Å². The number of aromatic hydroxyl groups is 1. The van der Waals surface area contributed by atoms with Crippen molar-refractivity contribution in [3.8, 4) is 5.75 Å². The zero-order valence-corrected chi connectivity index (χ0v) is 19.7. The molecular weight excluding hydrogens is 466 g/mol. The molecule has 0 saturated heterocycles. The number of phenols is 1. The van der Waals surface area contributed by atoms with Crippen LogP contribution >= 0.6 is 0 Å². The van der Waals surface area contributed by atoms with Gasteiger partial charge in [0, 0.05) is 29.9 Å². The van der Waals surface area contributed by atoms with E-state index in [1.54, 1.807) is 18.3 Å². The minimum Gasteiger partial charge on any atom is -0.508 e. The molecule has 1 aromatic heterocycles. The number of carbonyl (C=O) groups excluding carboxylic acids is 3. The van der Waals surface area contributed by atoms with Gasteiger partial charge in [-0.1, -0.05) is 30.3 Å². The highest BCUT2D eigenvalue weighted by atomic mass is 16.4. The van der Waals surface area contributed by atoms with Crippen molar-refractivity contribution >= 4 is 34.6 Å². The molecule has 3 rings (SSSR count). The van der Waals surface area contributed by atoms with Crippen molar-refractivity contribution < 1.29 is 29.4 Å². The molecule has 36 heavy (non-hydrogen) atoms. The lowest BCUT2D eigenvalue weighted by Gasteiger charge is -2.24. The predicted octanol–water partition coefficient (Wildman–Crippen LogP) is 0.176. The van der Waals surface area contributed by atoms with Crippen LogP contribution in [0.2, 0.25) is 0 Å². The van der Waals surface area contributed by atoms with Crippen LogP contribution < -0.4 is 21.7 Å². The summed E-state index contributed by atoms with van der Waals surface area (Å²) in [4.78, 5) is 52.7. The minimum atomic E-state index is -1.22. The number of phenolic OH excluding ortho intramolecular Hbond substituents is 1. The Morgan fingerprint density at radius 1 is 0.917 bits per heavy atom. The van der Waals surface area contributed by atoms with Gasteiger partial charge in [-0.05, 0) is 36.2 Å². The predicted molar refractivity (Wildman–Crippen MR) is 132 cm³/mol. The fourth-order valence-corrected chi connectivity index (χ4v) is 3.71. The van der Waals surface area contributed by atoms with E-state index in [0.717, 1.165) is 16.5 Å².